The van der Waals surface area contributed by atoms with Gasteiger partial charge in [0.1, 0.15) is 0 Å². The van der Waals surface area contributed by atoms with E-state index < -0.39 is 0 Å². The van der Waals surface area contributed by atoms with Gasteiger partial charge in [-0.05, 0) is 76.9 Å². The molecule has 130 valence electrons. The maximum Gasteiger partial charge on any atom is 0.162 e. The smallest absolute Gasteiger partial charge is 0.162 e. The fourth-order valence-electron chi connectivity index (χ4n) is 2.82. The normalized spacial score (nSPS) is 15.9. The van der Waals surface area contributed by atoms with E-state index in [2.05, 4.69) is 32.6 Å². The van der Waals surface area contributed by atoms with Crippen molar-refractivity contribution < 1.29 is 9.47 Å². The van der Waals surface area contributed by atoms with Crippen molar-refractivity contribution in [3.05, 3.63) is 22.2 Å². The first-order chi connectivity index (χ1) is 11.1. The Morgan fingerprint density at radius 1 is 1.26 bits per heavy atom. The van der Waals surface area contributed by atoms with Crippen LogP contribution in [0.1, 0.15) is 39.2 Å². The van der Waals surface area contributed by atoms with Crippen LogP contribution in [0, 0.1) is 5.92 Å². The second-order valence-corrected chi connectivity index (χ2v) is 7.17. The van der Waals surface area contributed by atoms with Crippen molar-refractivity contribution >= 4 is 15.9 Å². The zero-order valence-corrected chi connectivity index (χ0v) is 16.0. The Bertz CT molecular complexity index is 488. The topological polar surface area (TPSA) is 42.5 Å². The van der Waals surface area contributed by atoms with E-state index in [-0.39, 0.29) is 6.10 Å². The summed E-state index contributed by atoms with van der Waals surface area (Å²) in [6.07, 6.45) is 2.66. The molecular formula is C18H29BrN2O2. The minimum atomic E-state index is 0.130. The third kappa shape index (κ3) is 5.98. The second kappa shape index (κ2) is 9.50. The molecule has 1 saturated heterocycles. The van der Waals surface area contributed by atoms with Gasteiger partial charge in [-0.15, -0.1) is 0 Å². The highest BCUT2D eigenvalue weighted by Crippen LogP contribution is 2.34. The summed E-state index contributed by atoms with van der Waals surface area (Å²) in [5.74, 6) is 2.41. The van der Waals surface area contributed by atoms with Crippen molar-refractivity contribution in [2.75, 3.05) is 26.2 Å². The van der Waals surface area contributed by atoms with Crippen LogP contribution in [0.25, 0.3) is 0 Å². The highest BCUT2D eigenvalue weighted by molar-refractivity contribution is 9.10. The molecule has 1 fully saturated rings. The third-order valence-electron chi connectivity index (χ3n) is 3.98. The van der Waals surface area contributed by atoms with Crippen LogP contribution in [0.2, 0.25) is 0 Å². The van der Waals surface area contributed by atoms with Gasteiger partial charge in [-0.25, -0.2) is 0 Å². The summed E-state index contributed by atoms with van der Waals surface area (Å²) in [6.45, 7) is 10.9. The van der Waals surface area contributed by atoms with Crippen molar-refractivity contribution in [3.8, 4) is 11.5 Å². The van der Waals surface area contributed by atoms with Crippen LogP contribution in [0.15, 0.2) is 16.6 Å². The molecule has 0 atom stereocenters. The van der Waals surface area contributed by atoms with Crippen LogP contribution in [-0.2, 0) is 6.54 Å². The molecule has 1 aliphatic rings. The largest absolute Gasteiger partial charge is 0.490 e. The van der Waals surface area contributed by atoms with Gasteiger partial charge in [0, 0.05) is 11.0 Å². The van der Waals surface area contributed by atoms with Crippen LogP contribution in [0.3, 0.4) is 0 Å². The van der Waals surface area contributed by atoms with E-state index in [0.717, 1.165) is 48.1 Å². The van der Waals surface area contributed by atoms with Gasteiger partial charge in [0.05, 0.1) is 12.7 Å². The van der Waals surface area contributed by atoms with E-state index in [1.54, 1.807) is 0 Å². The predicted molar refractivity (Wildman–Crippen MR) is 98.4 cm³/mol. The summed E-state index contributed by atoms with van der Waals surface area (Å²) in [5.41, 5.74) is 1.21. The van der Waals surface area contributed by atoms with Crippen LogP contribution >= 0.6 is 15.9 Å². The number of piperidine rings is 1. The molecule has 23 heavy (non-hydrogen) atoms. The Morgan fingerprint density at radius 2 is 2.00 bits per heavy atom. The molecule has 2 N–H and O–H groups in total. The Balaban J connectivity index is 1.98. The van der Waals surface area contributed by atoms with Crippen LogP contribution < -0.4 is 20.1 Å². The van der Waals surface area contributed by atoms with Gasteiger partial charge in [-0.3, -0.25) is 0 Å². The Kier molecular flexibility index (Phi) is 7.66. The van der Waals surface area contributed by atoms with Crippen molar-refractivity contribution in [2.45, 2.75) is 46.3 Å². The molecule has 0 radical (unpaired) electrons. The quantitative estimate of drug-likeness (QED) is 0.716. The van der Waals surface area contributed by atoms with Gasteiger partial charge in [0.25, 0.3) is 0 Å². The second-order valence-electron chi connectivity index (χ2n) is 6.31. The SMILES string of the molecule is CCOc1cc(CNCC2CCNCC2)c(Br)cc1OC(C)C. The zero-order chi connectivity index (χ0) is 16.7. The molecule has 1 aromatic rings. The first-order valence-electron chi connectivity index (χ1n) is 8.63. The molecule has 1 heterocycles. The molecule has 1 aromatic carbocycles. The first-order valence-corrected chi connectivity index (χ1v) is 9.42. The lowest BCUT2D eigenvalue weighted by Crippen LogP contribution is -2.33. The highest BCUT2D eigenvalue weighted by Gasteiger charge is 2.14. The monoisotopic (exact) mass is 384 g/mol. The molecule has 2 rings (SSSR count). The average Bonchev–Trinajstić information content (AvgIpc) is 2.52. The van der Waals surface area contributed by atoms with Crippen molar-refractivity contribution in [1.29, 1.82) is 0 Å². The molecular weight excluding hydrogens is 356 g/mol. The minimum absolute atomic E-state index is 0.130. The fourth-order valence-corrected chi connectivity index (χ4v) is 3.29. The number of hydrogen-bond donors (Lipinski definition) is 2. The van der Waals surface area contributed by atoms with E-state index in [0.29, 0.717) is 6.61 Å². The number of ether oxygens (including phenoxy) is 2. The molecule has 0 aromatic heterocycles. The third-order valence-corrected chi connectivity index (χ3v) is 4.72. The first kappa shape index (κ1) is 18.6. The van der Waals surface area contributed by atoms with E-state index in [1.807, 2.05) is 26.8 Å². The van der Waals surface area contributed by atoms with Gasteiger partial charge < -0.3 is 20.1 Å². The van der Waals surface area contributed by atoms with Crippen LogP contribution in [0.5, 0.6) is 11.5 Å². The van der Waals surface area contributed by atoms with E-state index in [9.17, 15) is 0 Å². The summed E-state index contributed by atoms with van der Waals surface area (Å²) in [6, 6.07) is 4.10. The van der Waals surface area contributed by atoms with E-state index in [1.165, 1.54) is 18.4 Å². The van der Waals surface area contributed by atoms with Crippen LogP contribution in [0.4, 0.5) is 0 Å². The summed E-state index contributed by atoms with van der Waals surface area (Å²) in [7, 11) is 0. The Labute approximate surface area is 148 Å². The number of halogens is 1. The van der Waals surface area contributed by atoms with E-state index >= 15 is 0 Å². The molecule has 0 aliphatic carbocycles. The molecule has 0 bridgehead atoms. The summed E-state index contributed by atoms with van der Waals surface area (Å²) in [5, 5.41) is 7.00. The number of nitrogens with one attached hydrogen (secondary N) is 2. The summed E-state index contributed by atoms with van der Waals surface area (Å²) < 4.78 is 12.7. The van der Waals surface area contributed by atoms with Gasteiger partial charge in [0.2, 0.25) is 0 Å². The Morgan fingerprint density at radius 3 is 2.65 bits per heavy atom. The molecule has 0 saturated carbocycles. The van der Waals surface area contributed by atoms with Crippen molar-refractivity contribution in [3.63, 3.8) is 0 Å². The Hall–Kier alpha value is -0.780. The number of benzene rings is 1. The van der Waals surface area contributed by atoms with Crippen molar-refractivity contribution in [1.82, 2.24) is 10.6 Å². The molecule has 4 nitrogen and oxygen atoms in total. The maximum absolute atomic E-state index is 5.85. The lowest BCUT2D eigenvalue weighted by molar-refractivity contribution is 0.223. The number of hydrogen-bond acceptors (Lipinski definition) is 4. The molecule has 0 unspecified atom stereocenters. The maximum atomic E-state index is 5.85. The standard InChI is InChI=1S/C18H29BrN2O2/c1-4-22-17-9-15(16(19)10-18(17)23-13(2)3)12-21-11-14-5-7-20-8-6-14/h9-10,13-14,20-21H,4-8,11-12H2,1-3H3. The molecule has 1 aliphatic heterocycles. The van der Waals surface area contributed by atoms with E-state index in [4.69, 9.17) is 9.47 Å². The minimum Gasteiger partial charge on any atom is -0.490 e. The van der Waals surface area contributed by atoms with Crippen LogP contribution in [-0.4, -0.2) is 32.3 Å². The number of rotatable bonds is 8. The zero-order valence-electron chi connectivity index (χ0n) is 14.5. The van der Waals surface area contributed by atoms with Crippen molar-refractivity contribution in [2.24, 2.45) is 5.92 Å². The highest BCUT2D eigenvalue weighted by atomic mass is 79.9. The summed E-state index contributed by atoms with van der Waals surface area (Å²) >= 11 is 3.66. The average molecular weight is 385 g/mol. The molecule has 0 amide bonds. The molecule has 5 heteroatoms. The fraction of sp³-hybridized carbons (Fsp3) is 0.667. The van der Waals surface area contributed by atoms with Gasteiger partial charge >= 0.3 is 0 Å². The molecule has 0 spiro atoms. The van der Waals surface area contributed by atoms with Gasteiger partial charge in [0.15, 0.2) is 11.5 Å². The predicted octanol–water partition coefficient (Wildman–Crippen LogP) is 3.72. The lowest BCUT2D eigenvalue weighted by Gasteiger charge is -2.23. The summed E-state index contributed by atoms with van der Waals surface area (Å²) in [4.78, 5) is 0. The van der Waals surface area contributed by atoms with Gasteiger partial charge in [-0.1, -0.05) is 15.9 Å². The lowest BCUT2D eigenvalue weighted by atomic mass is 9.98. The van der Waals surface area contributed by atoms with Gasteiger partial charge in [-0.2, -0.15) is 0 Å².